The van der Waals surface area contributed by atoms with Crippen LogP contribution in [0.2, 0.25) is 0 Å². The number of aromatic nitrogens is 1. The maximum Gasteiger partial charge on any atom is 0.233 e. The lowest BCUT2D eigenvalue weighted by atomic mass is 9.95. The van der Waals surface area contributed by atoms with Gasteiger partial charge in [-0.15, -0.1) is 11.8 Å². The molecule has 0 aromatic carbocycles. The summed E-state index contributed by atoms with van der Waals surface area (Å²) in [6.07, 6.45) is 6.05. The van der Waals surface area contributed by atoms with Crippen LogP contribution in [0, 0.1) is 6.92 Å². The van der Waals surface area contributed by atoms with Crippen molar-refractivity contribution in [2.45, 2.75) is 63.0 Å². The van der Waals surface area contributed by atoms with Gasteiger partial charge in [-0.05, 0) is 26.7 Å². The number of carbonyl (C=O) groups is 1. The largest absolute Gasteiger partial charge is 0.360 e. The summed E-state index contributed by atoms with van der Waals surface area (Å²) < 4.78 is 5.14. The fraction of sp³-hybridized carbons (Fsp3) is 0.714. The predicted octanol–water partition coefficient (Wildman–Crippen LogP) is 3.05. The molecular formula is C14H22N2O2S. The zero-order valence-electron chi connectivity index (χ0n) is 11.6. The molecular weight excluding hydrogens is 260 g/mol. The highest BCUT2D eigenvalue weighted by Gasteiger charge is 2.20. The number of nitrogens with one attached hydrogen (secondary N) is 1. The van der Waals surface area contributed by atoms with Gasteiger partial charge >= 0.3 is 0 Å². The number of hydrogen-bond donors (Lipinski definition) is 1. The van der Waals surface area contributed by atoms with E-state index in [0.29, 0.717) is 11.8 Å². The SMILES string of the molecule is Cc1cc(CS[C@@H](C)C(=O)NC2CCCCC2)on1. The third-order valence-corrected chi connectivity index (χ3v) is 4.64. The average molecular weight is 282 g/mol. The number of amides is 1. The summed E-state index contributed by atoms with van der Waals surface area (Å²) in [5.74, 6) is 1.67. The molecule has 0 saturated heterocycles. The quantitative estimate of drug-likeness (QED) is 0.902. The van der Waals surface area contributed by atoms with Crippen LogP contribution in [0.5, 0.6) is 0 Å². The van der Waals surface area contributed by atoms with E-state index in [4.69, 9.17) is 4.52 Å². The highest BCUT2D eigenvalue weighted by Crippen LogP contribution is 2.21. The van der Waals surface area contributed by atoms with Crippen molar-refractivity contribution in [1.82, 2.24) is 10.5 Å². The van der Waals surface area contributed by atoms with Gasteiger partial charge in [0.25, 0.3) is 0 Å². The van der Waals surface area contributed by atoms with Gasteiger partial charge in [0.1, 0.15) is 5.76 Å². The van der Waals surface area contributed by atoms with Gasteiger partial charge in [0.2, 0.25) is 5.91 Å². The summed E-state index contributed by atoms with van der Waals surface area (Å²) in [6.45, 7) is 3.85. The van der Waals surface area contributed by atoms with Gasteiger partial charge in [0.05, 0.1) is 16.7 Å². The molecule has 1 aromatic heterocycles. The molecule has 5 heteroatoms. The van der Waals surface area contributed by atoms with Crippen LogP contribution in [0.4, 0.5) is 0 Å². The van der Waals surface area contributed by atoms with Crippen molar-refractivity contribution >= 4 is 17.7 Å². The Morgan fingerprint density at radius 2 is 2.26 bits per heavy atom. The number of nitrogens with zero attached hydrogens (tertiary/aromatic N) is 1. The Bertz CT molecular complexity index is 413. The van der Waals surface area contributed by atoms with Crippen molar-refractivity contribution in [1.29, 1.82) is 0 Å². The lowest BCUT2D eigenvalue weighted by Crippen LogP contribution is -2.40. The van der Waals surface area contributed by atoms with E-state index >= 15 is 0 Å². The van der Waals surface area contributed by atoms with Gasteiger partial charge in [-0.3, -0.25) is 4.79 Å². The van der Waals surface area contributed by atoms with Crippen molar-refractivity contribution in [3.8, 4) is 0 Å². The van der Waals surface area contributed by atoms with Crippen molar-refractivity contribution in [2.75, 3.05) is 0 Å². The fourth-order valence-electron chi connectivity index (χ4n) is 2.33. The molecule has 2 rings (SSSR count). The van der Waals surface area contributed by atoms with Gasteiger partial charge < -0.3 is 9.84 Å². The molecule has 1 amide bonds. The van der Waals surface area contributed by atoms with E-state index in [1.807, 2.05) is 19.9 Å². The smallest absolute Gasteiger partial charge is 0.233 e. The summed E-state index contributed by atoms with van der Waals surface area (Å²) >= 11 is 1.59. The Labute approximate surface area is 118 Å². The molecule has 19 heavy (non-hydrogen) atoms. The maximum absolute atomic E-state index is 12.1. The summed E-state index contributed by atoms with van der Waals surface area (Å²) in [4.78, 5) is 12.1. The van der Waals surface area contributed by atoms with Crippen molar-refractivity contribution in [2.24, 2.45) is 0 Å². The molecule has 106 valence electrons. The van der Waals surface area contributed by atoms with Crippen molar-refractivity contribution in [3.05, 3.63) is 17.5 Å². The first-order valence-electron chi connectivity index (χ1n) is 6.99. The molecule has 1 aromatic rings. The molecule has 0 aliphatic heterocycles. The van der Waals surface area contributed by atoms with E-state index in [2.05, 4.69) is 10.5 Å². The van der Waals surface area contributed by atoms with Crippen LogP contribution in [0.1, 0.15) is 50.5 Å². The molecule has 0 spiro atoms. The zero-order chi connectivity index (χ0) is 13.7. The topological polar surface area (TPSA) is 55.1 Å². The molecule has 0 unspecified atom stereocenters. The summed E-state index contributed by atoms with van der Waals surface area (Å²) in [5.41, 5.74) is 0.884. The van der Waals surface area contributed by atoms with Crippen LogP contribution in [0.3, 0.4) is 0 Å². The lowest BCUT2D eigenvalue weighted by Gasteiger charge is -2.24. The normalized spacial score (nSPS) is 18.2. The fourth-order valence-corrected chi connectivity index (χ4v) is 3.10. The third kappa shape index (κ3) is 4.56. The van der Waals surface area contributed by atoms with E-state index in [9.17, 15) is 4.79 Å². The summed E-state index contributed by atoms with van der Waals surface area (Å²) in [5, 5.41) is 6.95. The standard InChI is InChI=1S/C14H22N2O2S/c1-10-8-13(18-16-10)9-19-11(2)14(17)15-12-6-4-3-5-7-12/h8,11-12H,3-7,9H2,1-2H3,(H,15,17)/t11-/m0/s1. The molecule has 1 atom stereocenters. The molecule has 4 nitrogen and oxygen atoms in total. The van der Waals surface area contributed by atoms with E-state index in [1.165, 1.54) is 19.3 Å². The third-order valence-electron chi connectivity index (χ3n) is 3.47. The van der Waals surface area contributed by atoms with E-state index in [-0.39, 0.29) is 11.2 Å². The van der Waals surface area contributed by atoms with Crippen LogP contribution in [-0.4, -0.2) is 22.4 Å². The molecule has 1 fully saturated rings. The van der Waals surface area contributed by atoms with Crippen molar-refractivity contribution in [3.63, 3.8) is 0 Å². The molecule has 1 aliphatic carbocycles. The number of carbonyl (C=O) groups excluding carboxylic acids is 1. The van der Waals surface area contributed by atoms with Gasteiger partial charge in [0, 0.05) is 12.1 Å². The number of hydrogen-bond acceptors (Lipinski definition) is 4. The Balaban J connectivity index is 1.72. The van der Waals surface area contributed by atoms with E-state index in [0.717, 1.165) is 24.3 Å². The van der Waals surface area contributed by atoms with Crippen molar-refractivity contribution < 1.29 is 9.32 Å². The highest BCUT2D eigenvalue weighted by atomic mass is 32.2. The molecule has 1 N–H and O–H groups in total. The lowest BCUT2D eigenvalue weighted by molar-refractivity contribution is -0.121. The van der Waals surface area contributed by atoms with Gasteiger partial charge in [-0.25, -0.2) is 0 Å². The second-order valence-corrected chi connectivity index (χ2v) is 6.56. The molecule has 1 aliphatic rings. The number of aryl methyl sites for hydroxylation is 1. The average Bonchev–Trinajstić information content (AvgIpc) is 2.83. The second kappa shape index (κ2) is 6.98. The Hall–Kier alpha value is -0.970. The molecule has 0 bridgehead atoms. The minimum atomic E-state index is -0.0488. The van der Waals surface area contributed by atoms with Crippen LogP contribution < -0.4 is 5.32 Å². The molecule has 1 saturated carbocycles. The highest BCUT2D eigenvalue weighted by molar-refractivity contribution is 7.99. The van der Waals surface area contributed by atoms with Crippen LogP contribution in [-0.2, 0) is 10.5 Å². The molecule has 1 heterocycles. The van der Waals surface area contributed by atoms with E-state index < -0.39 is 0 Å². The number of thioether (sulfide) groups is 1. The first-order chi connectivity index (χ1) is 9.15. The minimum Gasteiger partial charge on any atom is -0.360 e. The zero-order valence-corrected chi connectivity index (χ0v) is 12.5. The monoisotopic (exact) mass is 282 g/mol. The number of rotatable bonds is 5. The Kier molecular flexibility index (Phi) is 5.31. The first-order valence-corrected chi connectivity index (χ1v) is 8.04. The van der Waals surface area contributed by atoms with Gasteiger partial charge in [-0.2, -0.15) is 0 Å². The van der Waals surface area contributed by atoms with Crippen LogP contribution in [0.25, 0.3) is 0 Å². The Morgan fingerprint density at radius 1 is 1.53 bits per heavy atom. The maximum atomic E-state index is 12.1. The molecule has 0 radical (unpaired) electrons. The second-order valence-electron chi connectivity index (χ2n) is 5.23. The first kappa shape index (κ1) is 14.4. The minimum absolute atomic E-state index is 0.0488. The predicted molar refractivity (Wildman–Crippen MR) is 77.0 cm³/mol. The van der Waals surface area contributed by atoms with E-state index in [1.54, 1.807) is 11.8 Å². The van der Waals surface area contributed by atoms with Crippen LogP contribution in [0.15, 0.2) is 10.6 Å². The Morgan fingerprint density at radius 3 is 2.89 bits per heavy atom. The van der Waals surface area contributed by atoms with Gasteiger partial charge in [0.15, 0.2) is 0 Å². The summed E-state index contributed by atoms with van der Waals surface area (Å²) in [6, 6.07) is 2.30. The van der Waals surface area contributed by atoms with Crippen LogP contribution >= 0.6 is 11.8 Å². The summed E-state index contributed by atoms with van der Waals surface area (Å²) in [7, 11) is 0. The van der Waals surface area contributed by atoms with Gasteiger partial charge in [-0.1, -0.05) is 24.4 Å².